The number of aliphatic hydroxyl groups excluding tert-OH is 1. The molecule has 0 spiro atoms. The first-order chi connectivity index (χ1) is 12.0. The first kappa shape index (κ1) is 17.0. The highest BCUT2D eigenvalue weighted by Crippen LogP contribution is 2.17. The summed E-state index contributed by atoms with van der Waals surface area (Å²) < 4.78 is 11.9. The Morgan fingerprint density at radius 2 is 1.84 bits per heavy atom. The standard InChI is InChI=1S/C19H20N2O4/c1-13-8-14(2)10-17(9-13)24-12-16(22)11-21-19(23)25-18(20-21)15-6-4-3-5-7-15/h3-10,16,22H,11-12H2,1-2H3. The van der Waals surface area contributed by atoms with Crippen molar-refractivity contribution in [3.63, 3.8) is 0 Å². The molecule has 0 fully saturated rings. The zero-order valence-electron chi connectivity index (χ0n) is 14.2. The Bertz CT molecular complexity index is 879. The molecule has 130 valence electrons. The van der Waals surface area contributed by atoms with E-state index < -0.39 is 11.9 Å². The predicted molar refractivity (Wildman–Crippen MR) is 93.6 cm³/mol. The monoisotopic (exact) mass is 340 g/mol. The van der Waals surface area contributed by atoms with Crippen molar-refractivity contribution in [2.24, 2.45) is 0 Å². The van der Waals surface area contributed by atoms with E-state index >= 15 is 0 Å². The number of ether oxygens (including phenoxy) is 1. The van der Waals surface area contributed by atoms with Gasteiger partial charge < -0.3 is 14.3 Å². The molecule has 6 heteroatoms. The van der Waals surface area contributed by atoms with Gasteiger partial charge in [0.15, 0.2) is 0 Å². The number of aryl methyl sites for hydroxylation is 2. The fourth-order valence-corrected chi connectivity index (χ4v) is 2.58. The minimum Gasteiger partial charge on any atom is -0.491 e. The van der Waals surface area contributed by atoms with Crippen molar-refractivity contribution in [2.45, 2.75) is 26.5 Å². The van der Waals surface area contributed by atoms with E-state index in [1.165, 1.54) is 0 Å². The molecule has 6 nitrogen and oxygen atoms in total. The van der Waals surface area contributed by atoms with E-state index in [1.54, 1.807) is 12.1 Å². The van der Waals surface area contributed by atoms with Crippen LogP contribution in [-0.4, -0.2) is 27.6 Å². The summed E-state index contributed by atoms with van der Waals surface area (Å²) in [6.07, 6.45) is -0.882. The van der Waals surface area contributed by atoms with Gasteiger partial charge in [-0.2, -0.15) is 4.68 Å². The number of nitrogens with zero attached hydrogens (tertiary/aromatic N) is 2. The Balaban J connectivity index is 1.64. The van der Waals surface area contributed by atoms with Gasteiger partial charge in [-0.3, -0.25) is 0 Å². The fraction of sp³-hybridized carbons (Fsp3) is 0.263. The van der Waals surface area contributed by atoms with Crippen LogP contribution in [0.5, 0.6) is 5.75 Å². The molecule has 2 aromatic carbocycles. The molecule has 1 heterocycles. The molecule has 0 radical (unpaired) electrons. The van der Waals surface area contributed by atoms with Gasteiger partial charge in [-0.1, -0.05) is 24.3 Å². The molecular formula is C19H20N2O4. The van der Waals surface area contributed by atoms with Crippen molar-refractivity contribution in [1.82, 2.24) is 9.78 Å². The number of rotatable bonds is 6. The summed E-state index contributed by atoms with van der Waals surface area (Å²) in [7, 11) is 0. The second-order valence-electron chi connectivity index (χ2n) is 6.01. The Morgan fingerprint density at radius 3 is 2.52 bits per heavy atom. The minimum atomic E-state index is -0.882. The van der Waals surface area contributed by atoms with Crippen LogP contribution < -0.4 is 10.5 Å². The predicted octanol–water partition coefficient (Wildman–Crippen LogP) is 2.56. The van der Waals surface area contributed by atoms with E-state index in [-0.39, 0.29) is 19.0 Å². The summed E-state index contributed by atoms with van der Waals surface area (Å²) in [6, 6.07) is 15.0. The maximum absolute atomic E-state index is 11.9. The number of hydrogen-bond acceptors (Lipinski definition) is 5. The molecule has 1 atom stereocenters. The Morgan fingerprint density at radius 1 is 1.16 bits per heavy atom. The first-order valence-electron chi connectivity index (χ1n) is 8.04. The van der Waals surface area contributed by atoms with Crippen molar-refractivity contribution in [3.05, 3.63) is 70.2 Å². The van der Waals surface area contributed by atoms with Gasteiger partial charge in [0, 0.05) is 5.56 Å². The van der Waals surface area contributed by atoms with E-state index in [1.807, 2.05) is 50.2 Å². The summed E-state index contributed by atoms with van der Waals surface area (Å²) >= 11 is 0. The highest BCUT2D eigenvalue weighted by atomic mass is 16.5. The molecule has 0 aliphatic rings. The Hall–Kier alpha value is -2.86. The van der Waals surface area contributed by atoms with E-state index in [0.29, 0.717) is 11.3 Å². The van der Waals surface area contributed by atoms with Crippen LogP contribution in [0.25, 0.3) is 11.5 Å². The molecule has 1 aromatic heterocycles. The lowest BCUT2D eigenvalue weighted by molar-refractivity contribution is 0.0875. The lowest BCUT2D eigenvalue weighted by Gasteiger charge is -2.12. The summed E-state index contributed by atoms with van der Waals surface area (Å²) in [5.41, 5.74) is 2.88. The van der Waals surface area contributed by atoms with Gasteiger partial charge in [0.2, 0.25) is 5.89 Å². The summed E-state index contributed by atoms with van der Waals surface area (Å²) in [6.45, 7) is 4.02. The molecule has 3 aromatic rings. The molecule has 25 heavy (non-hydrogen) atoms. The van der Waals surface area contributed by atoms with Crippen molar-refractivity contribution in [2.75, 3.05) is 6.61 Å². The average molecular weight is 340 g/mol. The number of hydrogen-bond donors (Lipinski definition) is 1. The smallest absolute Gasteiger partial charge is 0.437 e. The van der Waals surface area contributed by atoms with E-state index in [0.717, 1.165) is 15.8 Å². The van der Waals surface area contributed by atoms with Crippen LogP contribution in [0.1, 0.15) is 11.1 Å². The van der Waals surface area contributed by atoms with Crippen LogP contribution in [-0.2, 0) is 6.54 Å². The number of aliphatic hydroxyl groups is 1. The maximum Gasteiger partial charge on any atom is 0.437 e. The molecule has 0 saturated carbocycles. The second-order valence-corrected chi connectivity index (χ2v) is 6.01. The van der Waals surface area contributed by atoms with Crippen molar-refractivity contribution < 1.29 is 14.3 Å². The maximum atomic E-state index is 11.9. The summed E-state index contributed by atoms with van der Waals surface area (Å²) in [4.78, 5) is 11.9. The summed E-state index contributed by atoms with van der Waals surface area (Å²) in [5, 5.41) is 14.3. The lowest BCUT2D eigenvalue weighted by Crippen LogP contribution is -2.29. The van der Waals surface area contributed by atoms with Gasteiger partial charge in [-0.25, -0.2) is 4.79 Å². The summed E-state index contributed by atoms with van der Waals surface area (Å²) in [5.74, 6) is 0.311. The molecule has 0 aliphatic heterocycles. The van der Waals surface area contributed by atoms with Crippen LogP contribution in [0.15, 0.2) is 57.7 Å². The van der Waals surface area contributed by atoms with E-state index in [9.17, 15) is 9.90 Å². The van der Waals surface area contributed by atoms with Gasteiger partial charge in [-0.05, 0) is 49.2 Å². The van der Waals surface area contributed by atoms with Gasteiger partial charge in [0.1, 0.15) is 18.5 Å². The largest absolute Gasteiger partial charge is 0.491 e. The molecule has 3 rings (SSSR count). The van der Waals surface area contributed by atoms with Crippen LogP contribution in [0.4, 0.5) is 0 Å². The van der Waals surface area contributed by atoms with Crippen molar-refractivity contribution in [3.8, 4) is 17.2 Å². The van der Waals surface area contributed by atoms with E-state index in [2.05, 4.69) is 5.10 Å². The molecule has 1 N–H and O–H groups in total. The average Bonchev–Trinajstić information content (AvgIpc) is 2.94. The quantitative estimate of drug-likeness (QED) is 0.746. The van der Waals surface area contributed by atoms with Crippen molar-refractivity contribution in [1.29, 1.82) is 0 Å². The van der Waals surface area contributed by atoms with Gasteiger partial charge in [0.05, 0.1) is 6.54 Å². The Labute approximate surface area is 145 Å². The Kier molecular flexibility index (Phi) is 5.00. The SMILES string of the molecule is Cc1cc(C)cc(OCC(O)Cn2nc(-c3ccccc3)oc2=O)c1. The lowest BCUT2D eigenvalue weighted by atomic mass is 10.1. The third kappa shape index (κ3) is 4.36. The third-order valence-corrected chi connectivity index (χ3v) is 3.65. The first-order valence-corrected chi connectivity index (χ1v) is 8.04. The highest BCUT2D eigenvalue weighted by molar-refractivity contribution is 5.51. The topological polar surface area (TPSA) is 77.5 Å². The van der Waals surface area contributed by atoms with E-state index in [4.69, 9.17) is 9.15 Å². The van der Waals surface area contributed by atoms with Crippen LogP contribution in [0, 0.1) is 13.8 Å². The second kappa shape index (κ2) is 7.36. The van der Waals surface area contributed by atoms with Crippen LogP contribution in [0.2, 0.25) is 0 Å². The molecule has 1 unspecified atom stereocenters. The normalized spacial score (nSPS) is 12.1. The molecule has 0 amide bonds. The molecule has 0 bridgehead atoms. The zero-order valence-corrected chi connectivity index (χ0v) is 14.2. The van der Waals surface area contributed by atoms with Gasteiger partial charge in [0.25, 0.3) is 0 Å². The zero-order chi connectivity index (χ0) is 17.8. The number of aromatic nitrogens is 2. The molecule has 0 aliphatic carbocycles. The minimum absolute atomic E-state index is 0.0000350. The fourth-order valence-electron chi connectivity index (χ4n) is 2.58. The number of benzene rings is 2. The van der Waals surface area contributed by atoms with Gasteiger partial charge in [-0.15, -0.1) is 5.10 Å². The van der Waals surface area contributed by atoms with Crippen LogP contribution >= 0.6 is 0 Å². The molecule has 0 saturated heterocycles. The third-order valence-electron chi connectivity index (χ3n) is 3.65. The van der Waals surface area contributed by atoms with Crippen LogP contribution in [0.3, 0.4) is 0 Å². The highest BCUT2D eigenvalue weighted by Gasteiger charge is 2.14. The van der Waals surface area contributed by atoms with Gasteiger partial charge >= 0.3 is 5.76 Å². The van der Waals surface area contributed by atoms with Crippen molar-refractivity contribution >= 4 is 0 Å². The molecular weight excluding hydrogens is 320 g/mol.